The van der Waals surface area contributed by atoms with Gasteiger partial charge in [-0.1, -0.05) is 0 Å². The number of nitrogens with zero attached hydrogens (tertiary/aromatic N) is 2. The summed E-state index contributed by atoms with van der Waals surface area (Å²) in [5.74, 6) is 3.75. The van der Waals surface area contributed by atoms with Gasteiger partial charge in [-0.15, -0.1) is 0 Å². The smallest absolute Gasteiger partial charge is 0.224 e. The molecule has 1 heterocycles. The molecule has 5 heteroatoms. The Hall–Kier alpha value is -0.970. The second-order valence-corrected chi connectivity index (χ2v) is 4.69. The predicted molar refractivity (Wildman–Crippen MR) is 55.2 cm³/mol. The molecule has 0 bridgehead atoms. The minimum Gasteiger partial charge on any atom is -0.369 e. The van der Waals surface area contributed by atoms with Crippen LogP contribution in [0.15, 0.2) is 0 Å². The Kier molecular flexibility index (Phi) is 1.65. The molecule has 0 radical (unpaired) electrons. The summed E-state index contributed by atoms with van der Waals surface area (Å²) in [4.78, 5) is 11.1. The summed E-state index contributed by atoms with van der Waals surface area (Å²) < 4.78 is 0.358. The SMILES string of the molecule is Nc1nc(=S)nc(C2CC3CC3C2)[nH]1. The van der Waals surface area contributed by atoms with Gasteiger partial charge in [0.15, 0.2) is 0 Å². The topological polar surface area (TPSA) is 67.6 Å². The minimum atomic E-state index is 0.358. The van der Waals surface area contributed by atoms with E-state index in [0.717, 1.165) is 17.7 Å². The van der Waals surface area contributed by atoms with Crippen LogP contribution in [-0.4, -0.2) is 15.0 Å². The fourth-order valence-electron chi connectivity index (χ4n) is 2.55. The molecule has 0 aliphatic heterocycles. The molecule has 2 aliphatic carbocycles. The molecule has 4 nitrogen and oxygen atoms in total. The molecule has 0 amide bonds. The number of aromatic nitrogens is 3. The number of nitrogen functional groups attached to an aromatic ring is 1. The van der Waals surface area contributed by atoms with Gasteiger partial charge in [0.05, 0.1) is 0 Å². The van der Waals surface area contributed by atoms with Gasteiger partial charge in [-0.25, -0.2) is 4.98 Å². The highest BCUT2D eigenvalue weighted by Crippen LogP contribution is 2.56. The van der Waals surface area contributed by atoms with Crippen molar-refractivity contribution in [2.45, 2.75) is 25.2 Å². The van der Waals surface area contributed by atoms with Gasteiger partial charge in [0.25, 0.3) is 0 Å². The van der Waals surface area contributed by atoms with Gasteiger partial charge in [-0.05, 0) is 43.3 Å². The van der Waals surface area contributed by atoms with Gasteiger partial charge in [0, 0.05) is 5.92 Å². The lowest BCUT2D eigenvalue weighted by atomic mass is 10.0. The highest BCUT2D eigenvalue weighted by Gasteiger charge is 2.46. The van der Waals surface area contributed by atoms with Crippen LogP contribution in [0.1, 0.15) is 31.0 Å². The van der Waals surface area contributed by atoms with Crippen LogP contribution in [0, 0.1) is 16.6 Å². The van der Waals surface area contributed by atoms with Crippen molar-refractivity contribution in [3.63, 3.8) is 0 Å². The molecule has 14 heavy (non-hydrogen) atoms. The molecule has 0 saturated heterocycles. The number of rotatable bonds is 1. The Bertz CT molecular complexity index is 417. The number of H-pyrrole nitrogens is 1. The van der Waals surface area contributed by atoms with Gasteiger partial charge < -0.3 is 10.7 Å². The highest BCUT2D eigenvalue weighted by atomic mass is 32.1. The molecule has 2 atom stereocenters. The highest BCUT2D eigenvalue weighted by molar-refractivity contribution is 7.71. The third-order valence-corrected chi connectivity index (χ3v) is 3.50. The molecular weight excluding hydrogens is 196 g/mol. The average Bonchev–Trinajstić information content (AvgIpc) is 2.72. The Morgan fingerprint density at radius 1 is 1.21 bits per heavy atom. The Morgan fingerprint density at radius 3 is 2.57 bits per heavy atom. The molecule has 3 rings (SSSR count). The summed E-state index contributed by atoms with van der Waals surface area (Å²) in [6, 6.07) is 0. The maximum atomic E-state index is 5.60. The number of anilines is 1. The largest absolute Gasteiger partial charge is 0.369 e. The van der Waals surface area contributed by atoms with Crippen LogP contribution in [0.3, 0.4) is 0 Å². The van der Waals surface area contributed by atoms with E-state index in [1.165, 1.54) is 19.3 Å². The third kappa shape index (κ3) is 1.32. The Balaban J connectivity index is 1.92. The first-order valence-electron chi connectivity index (χ1n) is 4.96. The zero-order valence-corrected chi connectivity index (χ0v) is 8.55. The Morgan fingerprint density at radius 2 is 1.93 bits per heavy atom. The van der Waals surface area contributed by atoms with E-state index in [9.17, 15) is 0 Å². The molecule has 2 saturated carbocycles. The summed E-state index contributed by atoms with van der Waals surface area (Å²) in [5.41, 5.74) is 5.60. The average molecular weight is 208 g/mol. The third-order valence-electron chi connectivity index (χ3n) is 3.32. The second-order valence-electron chi connectivity index (χ2n) is 4.33. The molecule has 74 valence electrons. The lowest BCUT2D eigenvalue weighted by molar-refractivity contribution is 0.586. The number of hydrogen-bond acceptors (Lipinski definition) is 4. The van der Waals surface area contributed by atoms with Crippen molar-refractivity contribution in [2.75, 3.05) is 5.73 Å². The lowest BCUT2D eigenvalue weighted by Gasteiger charge is -2.10. The number of nitrogens with two attached hydrogens (primary N) is 1. The zero-order valence-electron chi connectivity index (χ0n) is 7.73. The molecular formula is C9H12N4S. The van der Waals surface area contributed by atoms with E-state index in [1.807, 2.05) is 0 Å². The molecule has 1 aromatic heterocycles. The van der Waals surface area contributed by atoms with E-state index in [0.29, 0.717) is 16.6 Å². The predicted octanol–water partition coefficient (Wildman–Crippen LogP) is 1.63. The van der Waals surface area contributed by atoms with Crippen molar-refractivity contribution in [3.8, 4) is 0 Å². The maximum absolute atomic E-state index is 5.60. The molecule has 2 unspecified atom stereocenters. The normalized spacial score (nSPS) is 34.1. The summed E-state index contributed by atoms with van der Waals surface area (Å²) in [6.07, 6.45) is 3.90. The first-order chi connectivity index (χ1) is 6.72. The lowest BCUT2D eigenvalue weighted by Crippen LogP contribution is -2.07. The van der Waals surface area contributed by atoms with Gasteiger partial charge in [0.2, 0.25) is 10.7 Å². The monoisotopic (exact) mass is 208 g/mol. The number of nitrogens with one attached hydrogen (secondary N) is 1. The summed E-state index contributed by atoms with van der Waals surface area (Å²) >= 11 is 4.94. The fraction of sp³-hybridized carbons (Fsp3) is 0.667. The molecule has 2 fully saturated rings. The standard InChI is InChI=1S/C9H12N4S/c10-8-11-7(12-9(14)13-8)6-2-4-1-5(4)3-6/h4-6H,1-3H2,(H3,10,11,12,13,14). The zero-order chi connectivity index (χ0) is 9.71. The van der Waals surface area contributed by atoms with Crippen LogP contribution in [0.2, 0.25) is 0 Å². The minimum absolute atomic E-state index is 0.358. The van der Waals surface area contributed by atoms with E-state index >= 15 is 0 Å². The van der Waals surface area contributed by atoms with Gasteiger partial charge in [-0.3, -0.25) is 0 Å². The van der Waals surface area contributed by atoms with Crippen molar-refractivity contribution >= 4 is 18.2 Å². The van der Waals surface area contributed by atoms with Crippen LogP contribution in [0.5, 0.6) is 0 Å². The van der Waals surface area contributed by atoms with E-state index in [4.69, 9.17) is 18.0 Å². The van der Waals surface area contributed by atoms with Gasteiger partial charge in [0.1, 0.15) is 5.82 Å². The number of fused-ring (bicyclic) bond motifs is 1. The summed E-state index contributed by atoms with van der Waals surface area (Å²) in [5, 5.41) is 0. The molecule has 1 aromatic rings. The van der Waals surface area contributed by atoms with E-state index in [2.05, 4.69) is 15.0 Å². The number of aromatic amines is 1. The summed E-state index contributed by atoms with van der Waals surface area (Å²) in [7, 11) is 0. The van der Waals surface area contributed by atoms with Crippen LogP contribution in [0.4, 0.5) is 5.95 Å². The van der Waals surface area contributed by atoms with Gasteiger partial charge >= 0.3 is 0 Å². The van der Waals surface area contributed by atoms with Crippen molar-refractivity contribution in [3.05, 3.63) is 10.6 Å². The summed E-state index contributed by atoms with van der Waals surface area (Å²) in [6.45, 7) is 0. The first kappa shape index (κ1) is 8.35. The van der Waals surface area contributed by atoms with E-state index < -0.39 is 0 Å². The first-order valence-corrected chi connectivity index (χ1v) is 5.37. The van der Waals surface area contributed by atoms with Gasteiger partial charge in [-0.2, -0.15) is 4.98 Å². The van der Waals surface area contributed by atoms with Crippen LogP contribution in [-0.2, 0) is 0 Å². The number of hydrogen-bond donors (Lipinski definition) is 2. The van der Waals surface area contributed by atoms with Crippen LogP contribution < -0.4 is 5.73 Å². The van der Waals surface area contributed by atoms with Crippen molar-refractivity contribution < 1.29 is 0 Å². The van der Waals surface area contributed by atoms with E-state index in [-0.39, 0.29) is 0 Å². The quantitative estimate of drug-likeness (QED) is 0.688. The van der Waals surface area contributed by atoms with Crippen LogP contribution in [0.25, 0.3) is 0 Å². The molecule has 0 aromatic carbocycles. The van der Waals surface area contributed by atoms with Crippen LogP contribution >= 0.6 is 12.2 Å². The Labute approximate surface area is 87.0 Å². The fourth-order valence-corrected chi connectivity index (χ4v) is 2.75. The maximum Gasteiger partial charge on any atom is 0.224 e. The molecule has 0 spiro atoms. The van der Waals surface area contributed by atoms with Crippen molar-refractivity contribution in [2.24, 2.45) is 11.8 Å². The second kappa shape index (κ2) is 2.76. The van der Waals surface area contributed by atoms with Crippen molar-refractivity contribution in [1.29, 1.82) is 0 Å². The molecule has 2 aliphatic rings. The van der Waals surface area contributed by atoms with E-state index in [1.54, 1.807) is 0 Å². The van der Waals surface area contributed by atoms with Crippen molar-refractivity contribution in [1.82, 2.24) is 15.0 Å². The molecule has 3 N–H and O–H groups in total.